The molecule has 0 unspecified atom stereocenters. The van der Waals surface area contributed by atoms with Crippen molar-refractivity contribution in [3.05, 3.63) is 125 Å². The minimum absolute atomic E-state index is 0.0872. The van der Waals surface area contributed by atoms with Crippen molar-refractivity contribution in [1.29, 1.82) is 0 Å². The summed E-state index contributed by atoms with van der Waals surface area (Å²) in [5, 5.41) is 3.01. The van der Waals surface area contributed by atoms with E-state index in [4.69, 9.17) is 0 Å². The lowest BCUT2D eigenvalue weighted by Gasteiger charge is -2.27. The lowest BCUT2D eigenvalue weighted by atomic mass is 10.0. The topological polar surface area (TPSA) is 66.5 Å². The molecule has 4 aromatic carbocycles. The van der Waals surface area contributed by atoms with Gasteiger partial charge in [-0.05, 0) is 54.3 Å². The first-order chi connectivity index (χ1) is 17.3. The van der Waals surface area contributed by atoms with E-state index >= 15 is 0 Å². The molecule has 6 heteroatoms. The van der Waals surface area contributed by atoms with Crippen LogP contribution in [-0.4, -0.2) is 14.3 Å². The molecule has 0 radical (unpaired) electrons. The van der Waals surface area contributed by atoms with Crippen molar-refractivity contribution in [2.45, 2.75) is 38.1 Å². The smallest absolute Gasteiger partial charge is 0.264 e. The zero-order chi connectivity index (χ0) is 25.7. The van der Waals surface area contributed by atoms with Crippen LogP contribution < -0.4 is 9.62 Å². The van der Waals surface area contributed by atoms with Gasteiger partial charge in [0.25, 0.3) is 15.9 Å². The van der Waals surface area contributed by atoms with Crippen LogP contribution in [0.2, 0.25) is 0 Å². The predicted molar refractivity (Wildman–Crippen MR) is 146 cm³/mol. The molecule has 0 spiro atoms. The van der Waals surface area contributed by atoms with Gasteiger partial charge in [-0.15, -0.1) is 0 Å². The quantitative estimate of drug-likeness (QED) is 0.292. The Bertz CT molecular complexity index is 1450. The number of aryl methyl sites for hydroxylation is 1. The Labute approximate surface area is 213 Å². The van der Waals surface area contributed by atoms with Gasteiger partial charge in [-0.3, -0.25) is 9.10 Å². The van der Waals surface area contributed by atoms with Gasteiger partial charge >= 0.3 is 0 Å². The molecule has 184 valence electrons. The molecular weight excluding hydrogens is 468 g/mol. The van der Waals surface area contributed by atoms with Crippen LogP contribution in [0, 0.1) is 6.92 Å². The van der Waals surface area contributed by atoms with E-state index in [9.17, 15) is 13.2 Å². The zero-order valence-electron chi connectivity index (χ0n) is 20.7. The predicted octanol–water partition coefficient (Wildman–Crippen LogP) is 6.77. The van der Waals surface area contributed by atoms with Crippen molar-refractivity contribution < 1.29 is 13.2 Å². The number of anilines is 2. The summed E-state index contributed by atoms with van der Waals surface area (Å²) < 4.78 is 29.2. The zero-order valence-corrected chi connectivity index (χ0v) is 21.5. The molecule has 0 aliphatic heterocycles. The van der Waals surface area contributed by atoms with Gasteiger partial charge < -0.3 is 5.32 Å². The van der Waals surface area contributed by atoms with Crippen LogP contribution in [0.1, 0.15) is 46.8 Å². The Hall–Kier alpha value is -3.90. The number of amides is 1. The molecule has 0 aliphatic carbocycles. The maximum Gasteiger partial charge on any atom is 0.264 e. The molecule has 0 aliphatic rings. The third-order valence-corrected chi connectivity index (χ3v) is 7.80. The first kappa shape index (κ1) is 25.2. The molecule has 4 aromatic rings. The van der Waals surface area contributed by atoms with Gasteiger partial charge in [0.1, 0.15) is 0 Å². The summed E-state index contributed by atoms with van der Waals surface area (Å²) in [6, 6.07) is 30.6. The van der Waals surface area contributed by atoms with Gasteiger partial charge in [0, 0.05) is 5.69 Å². The molecule has 0 saturated carbocycles. The fraction of sp³-hybridized carbons (Fsp3) is 0.167. The number of benzene rings is 4. The average Bonchev–Trinajstić information content (AvgIpc) is 2.88. The second kappa shape index (κ2) is 10.8. The largest absolute Gasteiger partial charge is 0.322 e. The van der Waals surface area contributed by atoms with E-state index in [2.05, 4.69) is 19.2 Å². The SMILES string of the molecule is Cc1ccc(S(=O)(=O)N(Cc2ccccc2)c2ccccc2C(=O)Nc2ccccc2C(C)C)cc1. The second-order valence-electron chi connectivity index (χ2n) is 9.02. The maximum absolute atomic E-state index is 13.9. The number of para-hydroxylation sites is 2. The molecule has 1 N–H and O–H groups in total. The highest BCUT2D eigenvalue weighted by Gasteiger charge is 2.29. The third kappa shape index (κ3) is 5.50. The molecule has 0 aromatic heterocycles. The van der Waals surface area contributed by atoms with E-state index in [1.807, 2.05) is 61.5 Å². The van der Waals surface area contributed by atoms with Crippen LogP contribution in [0.15, 0.2) is 108 Å². The number of sulfonamides is 1. The molecule has 36 heavy (non-hydrogen) atoms. The normalized spacial score (nSPS) is 11.3. The van der Waals surface area contributed by atoms with E-state index in [0.29, 0.717) is 11.4 Å². The van der Waals surface area contributed by atoms with Crippen molar-refractivity contribution in [2.75, 3.05) is 9.62 Å². The Balaban J connectivity index is 1.79. The summed E-state index contributed by atoms with van der Waals surface area (Å²) in [7, 11) is -3.97. The molecule has 1 amide bonds. The summed E-state index contributed by atoms with van der Waals surface area (Å²) in [5.74, 6) is -0.149. The molecule has 4 rings (SSSR count). The Morgan fingerprint density at radius 2 is 1.42 bits per heavy atom. The van der Waals surface area contributed by atoms with Gasteiger partial charge in [-0.2, -0.15) is 0 Å². The Morgan fingerprint density at radius 3 is 2.11 bits per heavy atom. The summed E-state index contributed by atoms with van der Waals surface area (Å²) >= 11 is 0. The summed E-state index contributed by atoms with van der Waals surface area (Å²) in [4.78, 5) is 13.7. The first-order valence-corrected chi connectivity index (χ1v) is 13.3. The number of hydrogen-bond acceptors (Lipinski definition) is 3. The lowest BCUT2D eigenvalue weighted by Crippen LogP contribution is -2.32. The van der Waals surface area contributed by atoms with Gasteiger partial charge in [0.05, 0.1) is 22.7 Å². The highest BCUT2D eigenvalue weighted by atomic mass is 32.2. The van der Waals surface area contributed by atoms with Gasteiger partial charge in [-0.1, -0.05) is 92.2 Å². The summed E-state index contributed by atoms with van der Waals surface area (Å²) in [6.45, 7) is 6.13. The van der Waals surface area contributed by atoms with Crippen LogP contribution in [-0.2, 0) is 16.6 Å². The Morgan fingerprint density at radius 1 is 0.806 bits per heavy atom. The van der Waals surface area contributed by atoms with E-state index in [-0.39, 0.29) is 28.8 Å². The van der Waals surface area contributed by atoms with Gasteiger partial charge in [0.15, 0.2) is 0 Å². The number of rotatable bonds is 8. The molecule has 0 saturated heterocycles. The Kier molecular flexibility index (Phi) is 7.55. The maximum atomic E-state index is 13.9. The molecule has 0 fully saturated rings. The standard InChI is InChI=1S/C30H30N2O3S/c1-22(2)26-13-7-9-15-28(26)31-30(33)27-14-8-10-16-29(27)32(21-24-11-5-4-6-12-24)36(34,35)25-19-17-23(3)18-20-25/h4-20,22H,21H2,1-3H3,(H,31,33). The average molecular weight is 499 g/mol. The van der Waals surface area contributed by atoms with E-state index < -0.39 is 10.0 Å². The lowest BCUT2D eigenvalue weighted by molar-refractivity contribution is 0.102. The first-order valence-electron chi connectivity index (χ1n) is 11.9. The minimum atomic E-state index is -3.97. The number of nitrogens with zero attached hydrogens (tertiary/aromatic N) is 1. The molecule has 0 atom stereocenters. The van der Waals surface area contributed by atoms with Crippen LogP contribution in [0.5, 0.6) is 0 Å². The van der Waals surface area contributed by atoms with E-state index in [1.54, 1.807) is 48.5 Å². The molecule has 5 nitrogen and oxygen atoms in total. The van der Waals surface area contributed by atoms with Crippen molar-refractivity contribution in [2.24, 2.45) is 0 Å². The molecule has 0 bridgehead atoms. The summed E-state index contributed by atoms with van der Waals surface area (Å²) in [5.41, 5.74) is 4.10. The third-order valence-electron chi connectivity index (χ3n) is 6.03. The number of carbonyl (C=O) groups is 1. The number of carbonyl (C=O) groups excluding carboxylic acids is 1. The summed E-state index contributed by atoms with van der Waals surface area (Å²) in [6.07, 6.45) is 0. The van der Waals surface area contributed by atoms with E-state index in [0.717, 1.165) is 16.7 Å². The van der Waals surface area contributed by atoms with Crippen LogP contribution in [0.3, 0.4) is 0 Å². The number of hydrogen-bond donors (Lipinski definition) is 1. The van der Waals surface area contributed by atoms with Gasteiger partial charge in [0.2, 0.25) is 0 Å². The fourth-order valence-electron chi connectivity index (χ4n) is 4.07. The van der Waals surface area contributed by atoms with Crippen molar-refractivity contribution >= 4 is 27.3 Å². The van der Waals surface area contributed by atoms with Crippen molar-refractivity contribution in [3.8, 4) is 0 Å². The van der Waals surface area contributed by atoms with Crippen molar-refractivity contribution in [3.63, 3.8) is 0 Å². The highest BCUT2D eigenvalue weighted by Crippen LogP contribution is 2.31. The minimum Gasteiger partial charge on any atom is -0.322 e. The van der Waals surface area contributed by atoms with Crippen LogP contribution in [0.4, 0.5) is 11.4 Å². The van der Waals surface area contributed by atoms with Crippen LogP contribution >= 0.6 is 0 Å². The van der Waals surface area contributed by atoms with Crippen LogP contribution in [0.25, 0.3) is 0 Å². The van der Waals surface area contributed by atoms with E-state index in [1.165, 1.54) is 4.31 Å². The second-order valence-corrected chi connectivity index (χ2v) is 10.9. The monoisotopic (exact) mass is 498 g/mol. The highest BCUT2D eigenvalue weighted by molar-refractivity contribution is 7.92. The molecular formula is C30H30N2O3S. The fourth-order valence-corrected chi connectivity index (χ4v) is 5.55. The van der Waals surface area contributed by atoms with Gasteiger partial charge in [-0.25, -0.2) is 8.42 Å². The number of nitrogens with one attached hydrogen (secondary N) is 1. The molecule has 0 heterocycles. The van der Waals surface area contributed by atoms with Crippen molar-refractivity contribution in [1.82, 2.24) is 0 Å².